The molecule has 0 saturated carbocycles. The van der Waals surface area contributed by atoms with Crippen LogP contribution in [-0.2, 0) is 16.4 Å². The standard InChI is InChI=1S/C18H20N2O3S/c1-11-8-12(2)17(13(3)9-11)24(22,23)20-15-5-4-14-6-7-19-18(21)16(14)10-15/h4-5,8-10,20H,6-7H2,1-3H3,(H,19,21). The number of hydrogen-bond donors (Lipinski definition) is 2. The lowest BCUT2D eigenvalue weighted by Crippen LogP contribution is -2.31. The number of carbonyl (C=O) groups excluding carboxylic acids is 1. The van der Waals surface area contributed by atoms with Gasteiger partial charge in [0.25, 0.3) is 15.9 Å². The van der Waals surface area contributed by atoms with Crippen molar-refractivity contribution in [2.45, 2.75) is 32.1 Å². The second kappa shape index (κ2) is 5.94. The molecule has 24 heavy (non-hydrogen) atoms. The molecule has 0 aromatic heterocycles. The van der Waals surface area contributed by atoms with E-state index in [4.69, 9.17) is 0 Å². The van der Waals surface area contributed by atoms with Gasteiger partial charge in [-0.05, 0) is 56.0 Å². The summed E-state index contributed by atoms with van der Waals surface area (Å²) in [4.78, 5) is 12.2. The van der Waals surface area contributed by atoms with E-state index in [0.29, 0.717) is 28.9 Å². The maximum atomic E-state index is 12.8. The lowest BCUT2D eigenvalue weighted by Gasteiger charge is -2.18. The number of nitrogens with one attached hydrogen (secondary N) is 2. The van der Waals surface area contributed by atoms with Crippen LogP contribution in [0, 0.1) is 20.8 Å². The molecule has 0 unspecified atom stereocenters. The van der Waals surface area contributed by atoms with E-state index in [2.05, 4.69) is 10.0 Å². The van der Waals surface area contributed by atoms with Gasteiger partial charge in [0.05, 0.1) is 4.90 Å². The van der Waals surface area contributed by atoms with Gasteiger partial charge in [-0.1, -0.05) is 23.8 Å². The van der Waals surface area contributed by atoms with Crippen LogP contribution in [0.1, 0.15) is 32.6 Å². The first-order valence-corrected chi connectivity index (χ1v) is 9.28. The summed E-state index contributed by atoms with van der Waals surface area (Å²) in [5.41, 5.74) is 4.29. The number of fused-ring (bicyclic) bond motifs is 1. The van der Waals surface area contributed by atoms with Crippen molar-refractivity contribution >= 4 is 21.6 Å². The minimum absolute atomic E-state index is 0.167. The SMILES string of the molecule is Cc1cc(C)c(S(=O)(=O)Nc2ccc3c(c2)C(=O)NCC3)c(C)c1. The molecule has 126 valence electrons. The van der Waals surface area contributed by atoms with Crippen molar-refractivity contribution in [1.29, 1.82) is 0 Å². The highest BCUT2D eigenvalue weighted by atomic mass is 32.2. The van der Waals surface area contributed by atoms with E-state index < -0.39 is 10.0 Å². The van der Waals surface area contributed by atoms with Gasteiger partial charge in [0.15, 0.2) is 0 Å². The summed E-state index contributed by atoms with van der Waals surface area (Å²) < 4.78 is 28.2. The number of carbonyl (C=O) groups is 1. The van der Waals surface area contributed by atoms with Crippen LogP contribution in [0.3, 0.4) is 0 Å². The zero-order valence-electron chi connectivity index (χ0n) is 13.9. The fourth-order valence-corrected chi connectivity index (χ4v) is 4.78. The second-order valence-corrected chi connectivity index (χ2v) is 7.83. The molecule has 0 spiro atoms. The number of rotatable bonds is 3. The van der Waals surface area contributed by atoms with Crippen molar-refractivity contribution in [2.24, 2.45) is 0 Å². The normalized spacial score (nSPS) is 14.0. The molecule has 2 N–H and O–H groups in total. The highest BCUT2D eigenvalue weighted by Crippen LogP contribution is 2.26. The van der Waals surface area contributed by atoms with Crippen molar-refractivity contribution < 1.29 is 13.2 Å². The zero-order chi connectivity index (χ0) is 17.5. The predicted octanol–water partition coefficient (Wildman–Crippen LogP) is 2.70. The quantitative estimate of drug-likeness (QED) is 0.899. The Hall–Kier alpha value is -2.34. The summed E-state index contributed by atoms with van der Waals surface area (Å²) >= 11 is 0. The van der Waals surface area contributed by atoms with Crippen LogP contribution < -0.4 is 10.0 Å². The summed E-state index contributed by atoms with van der Waals surface area (Å²) in [6, 6.07) is 8.80. The van der Waals surface area contributed by atoms with E-state index >= 15 is 0 Å². The maximum absolute atomic E-state index is 12.8. The summed E-state index contributed by atoms with van der Waals surface area (Å²) in [7, 11) is -3.72. The van der Waals surface area contributed by atoms with Crippen LogP contribution in [0.2, 0.25) is 0 Å². The van der Waals surface area contributed by atoms with Crippen molar-refractivity contribution in [3.63, 3.8) is 0 Å². The fraction of sp³-hybridized carbons (Fsp3) is 0.278. The van der Waals surface area contributed by atoms with Gasteiger partial charge in [0, 0.05) is 17.8 Å². The number of anilines is 1. The van der Waals surface area contributed by atoms with Crippen molar-refractivity contribution in [3.05, 3.63) is 58.1 Å². The molecule has 0 aliphatic carbocycles. The number of aryl methyl sites for hydroxylation is 3. The first kappa shape index (κ1) is 16.5. The van der Waals surface area contributed by atoms with Crippen LogP contribution >= 0.6 is 0 Å². The molecule has 2 aromatic rings. The molecular formula is C18H20N2O3S. The van der Waals surface area contributed by atoms with Crippen molar-refractivity contribution in [1.82, 2.24) is 5.32 Å². The van der Waals surface area contributed by atoms with E-state index in [1.165, 1.54) is 0 Å². The predicted molar refractivity (Wildman–Crippen MR) is 93.9 cm³/mol. The van der Waals surface area contributed by atoms with Gasteiger partial charge in [-0.3, -0.25) is 9.52 Å². The smallest absolute Gasteiger partial charge is 0.262 e. The molecule has 0 fully saturated rings. The average Bonchev–Trinajstić information content (AvgIpc) is 2.46. The molecule has 1 aliphatic rings. The Kier molecular flexibility index (Phi) is 4.09. The Bertz CT molecular complexity index is 910. The van der Waals surface area contributed by atoms with E-state index in [-0.39, 0.29) is 10.8 Å². The Morgan fingerprint density at radius 3 is 2.38 bits per heavy atom. The van der Waals surface area contributed by atoms with Gasteiger partial charge in [-0.2, -0.15) is 0 Å². The average molecular weight is 344 g/mol. The van der Waals surface area contributed by atoms with Gasteiger partial charge >= 0.3 is 0 Å². The molecule has 1 aliphatic heterocycles. The second-order valence-electron chi connectivity index (χ2n) is 6.21. The minimum Gasteiger partial charge on any atom is -0.352 e. The molecule has 0 radical (unpaired) electrons. The molecule has 5 nitrogen and oxygen atoms in total. The lowest BCUT2D eigenvalue weighted by molar-refractivity contribution is 0.0946. The number of hydrogen-bond acceptors (Lipinski definition) is 3. The third-order valence-corrected chi connectivity index (χ3v) is 5.85. The Morgan fingerprint density at radius 1 is 1.04 bits per heavy atom. The zero-order valence-corrected chi connectivity index (χ0v) is 14.8. The van der Waals surface area contributed by atoms with Gasteiger partial charge < -0.3 is 5.32 Å². The largest absolute Gasteiger partial charge is 0.352 e. The summed E-state index contributed by atoms with van der Waals surface area (Å²) in [5.74, 6) is -0.167. The molecule has 0 saturated heterocycles. The maximum Gasteiger partial charge on any atom is 0.262 e. The Labute approximate surface area is 142 Å². The van der Waals surface area contributed by atoms with Crippen molar-refractivity contribution in [2.75, 3.05) is 11.3 Å². The number of benzene rings is 2. The summed E-state index contributed by atoms with van der Waals surface area (Å²) in [6.07, 6.45) is 0.754. The van der Waals surface area contributed by atoms with E-state index in [1.54, 1.807) is 32.0 Å². The van der Waals surface area contributed by atoms with Crippen LogP contribution in [-0.4, -0.2) is 20.9 Å². The molecular weight excluding hydrogens is 324 g/mol. The van der Waals surface area contributed by atoms with Crippen LogP contribution in [0.4, 0.5) is 5.69 Å². The first-order chi connectivity index (χ1) is 11.3. The van der Waals surface area contributed by atoms with E-state index in [0.717, 1.165) is 17.5 Å². The summed E-state index contributed by atoms with van der Waals surface area (Å²) in [6.45, 7) is 6.12. The lowest BCUT2D eigenvalue weighted by atomic mass is 10.00. The highest BCUT2D eigenvalue weighted by molar-refractivity contribution is 7.92. The third kappa shape index (κ3) is 3.01. The number of sulfonamides is 1. The van der Waals surface area contributed by atoms with Gasteiger partial charge in [-0.15, -0.1) is 0 Å². The van der Waals surface area contributed by atoms with E-state index in [1.807, 2.05) is 19.1 Å². The Morgan fingerprint density at radius 2 is 1.71 bits per heavy atom. The summed E-state index contributed by atoms with van der Waals surface area (Å²) in [5, 5.41) is 2.77. The molecule has 3 rings (SSSR count). The molecule has 1 amide bonds. The van der Waals surface area contributed by atoms with Crippen molar-refractivity contribution in [3.8, 4) is 0 Å². The van der Waals surface area contributed by atoms with Crippen LogP contribution in [0.5, 0.6) is 0 Å². The molecule has 0 atom stereocenters. The fourth-order valence-electron chi connectivity index (χ4n) is 3.27. The van der Waals surface area contributed by atoms with Crippen LogP contribution in [0.25, 0.3) is 0 Å². The van der Waals surface area contributed by atoms with Gasteiger partial charge in [0.2, 0.25) is 0 Å². The molecule has 1 heterocycles. The van der Waals surface area contributed by atoms with E-state index in [9.17, 15) is 13.2 Å². The monoisotopic (exact) mass is 344 g/mol. The van der Waals surface area contributed by atoms with Crippen LogP contribution in [0.15, 0.2) is 35.2 Å². The molecule has 0 bridgehead atoms. The first-order valence-electron chi connectivity index (χ1n) is 7.80. The highest BCUT2D eigenvalue weighted by Gasteiger charge is 2.22. The minimum atomic E-state index is -3.72. The Balaban J connectivity index is 1.99. The number of amides is 1. The van der Waals surface area contributed by atoms with Gasteiger partial charge in [0.1, 0.15) is 0 Å². The topological polar surface area (TPSA) is 75.3 Å². The third-order valence-electron chi connectivity index (χ3n) is 4.16. The van der Waals surface area contributed by atoms with Gasteiger partial charge in [-0.25, -0.2) is 8.42 Å². The molecule has 6 heteroatoms. The molecule has 2 aromatic carbocycles.